The van der Waals surface area contributed by atoms with Crippen LogP contribution in [0.1, 0.15) is 42.4 Å². The van der Waals surface area contributed by atoms with E-state index >= 15 is 0 Å². The summed E-state index contributed by atoms with van der Waals surface area (Å²) in [6, 6.07) is 25.8. The van der Waals surface area contributed by atoms with Gasteiger partial charge in [0.05, 0.1) is 29.5 Å². The molecule has 1 aliphatic heterocycles. The molecule has 12 heteroatoms. The number of carbonyl (C=O) groups excluding carboxylic acids is 2. The van der Waals surface area contributed by atoms with Gasteiger partial charge in [-0.25, -0.2) is 18.1 Å². The summed E-state index contributed by atoms with van der Waals surface area (Å²) < 4.78 is 28.0. The number of nitrogens with zero attached hydrogens (tertiary/aromatic N) is 4. The molecule has 9 nitrogen and oxygen atoms in total. The molecule has 1 N–H and O–H groups in total. The molecule has 0 bridgehead atoms. The number of fused-ring (bicyclic) bond motifs is 1. The molecule has 1 aliphatic rings. The number of sulfonamides is 1. The summed E-state index contributed by atoms with van der Waals surface area (Å²) >= 11 is 1.26. The fraction of sp³-hybridized carbons (Fsp3) is 0.133. The second-order valence-electron chi connectivity index (χ2n) is 9.33. The number of aryl methyl sites for hydroxylation is 1. The minimum atomic E-state index is -4.11. The molecule has 4 aromatic rings. The van der Waals surface area contributed by atoms with E-state index in [0.29, 0.717) is 38.2 Å². The van der Waals surface area contributed by atoms with Gasteiger partial charge < -0.3 is 4.90 Å². The minimum absolute atomic E-state index is 0.00417. The average molecular weight is 616 g/mol. The molecule has 1 aromatic heterocycles. The van der Waals surface area contributed by atoms with Gasteiger partial charge in [0.25, 0.3) is 11.8 Å². The number of rotatable bonds is 9. The lowest BCUT2D eigenvalue weighted by Gasteiger charge is -2.22. The molecule has 0 unspecified atom stereocenters. The van der Waals surface area contributed by atoms with E-state index < -0.39 is 21.7 Å². The highest BCUT2D eigenvalue weighted by Crippen LogP contribution is 2.33. The van der Waals surface area contributed by atoms with Crippen LogP contribution in [0.2, 0.25) is 0 Å². The highest BCUT2D eigenvalue weighted by Gasteiger charge is 2.33. The summed E-state index contributed by atoms with van der Waals surface area (Å²) in [5.74, 6) is 2.17. The van der Waals surface area contributed by atoms with Crippen LogP contribution in [0.5, 0.6) is 0 Å². The molecule has 42 heavy (non-hydrogen) atoms. The molecule has 0 spiro atoms. The molecule has 0 radical (unpaired) electrons. The molecule has 0 saturated carbocycles. The van der Waals surface area contributed by atoms with Crippen LogP contribution < -0.4 is 9.62 Å². The molecule has 3 aromatic carbocycles. The van der Waals surface area contributed by atoms with Gasteiger partial charge in [-0.1, -0.05) is 48.5 Å². The Morgan fingerprint density at radius 1 is 1.07 bits per heavy atom. The number of amides is 2. The van der Waals surface area contributed by atoms with Crippen molar-refractivity contribution in [2.75, 3.05) is 17.2 Å². The van der Waals surface area contributed by atoms with Crippen LogP contribution in [0.15, 0.2) is 78.9 Å². The molecule has 212 valence electrons. The van der Waals surface area contributed by atoms with Gasteiger partial charge >= 0.3 is 0 Å². The van der Waals surface area contributed by atoms with Gasteiger partial charge in [-0.05, 0) is 48.7 Å². The largest absolute Gasteiger partial charge is 0.313 e. The monoisotopic (exact) mass is 615 g/mol. The zero-order chi connectivity index (χ0) is 29.9. The van der Waals surface area contributed by atoms with Crippen LogP contribution in [-0.2, 0) is 16.6 Å². The third-order valence-corrected chi connectivity index (χ3v) is 9.49. The first kappa shape index (κ1) is 28.9. The van der Waals surface area contributed by atoms with Gasteiger partial charge in [0.2, 0.25) is 10.0 Å². The van der Waals surface area contributed by atoms with E-state index in [4.69, 9.17) is 0 Å². The fourth-order valence-corrected chi connectivity index (χ4v) is 7.00. The summed E-state index contributed by atoms with van der Waals surface area (Å²) in [6.45, 7) is 2.00. The van der Waals surface area contributed by atoms with Crippen LogP contribution in [0, 0.1) is 18.3 Å². The maximum absolute atomic E-state index is 13.2. The third-order valence-electron chi connectivity index (χ3n) is 6.57. The molecule has 2 heterocycles. The first-order valence-corrected chi connectivity index (χ1v) is 16.2. The number of nitriles is 1. The van der Waals surface area contributed by atoms with Gasteiger partial charge in [0, 0.05) is 22.7 Å². The van der Waals surface area contributed by atoms with Crippen molar-refractivity contribution in [1.82, 2.24) is 14.6 Å². The van der Waals surface area contributed by atoms with E-state index in [1.54, 1.807) is 55.5 Å². The number of thiazole rings is 1. The first-order valence-electron chi connectivity index (χ1n) is 12.7. The smallest absolute Gasteiger partial charge is 0.284 e. The summed E-state index contributed by atoms with van der Waals surface area (Å²) in [7, 11) is -2.99. The predicted octanol–water partition coefficient (Wildman–Crippen LogP) is 4.52. The Balaban J connectivity index is 1.34. The predicted molar refractivity (Wildman–Crippen MR) is 168 cm³/mol. The van der Waals surface area contributed by atoms with Gasteiger partial charge in [0.15, 0.2) is 5.13 Å². The second kappa shape index (κ2) is 12.1. The van der Waals surface area contributed by atoms with Crippen LogP contribution in [0.4, 0.5) is 10.8 Å². The highest BCUT2D eigenvalue weighted by atomic mass is 32.2. The van der Waals surface area contributed by atoms with E-state index in [9.17, 15) is 23.3 Å². The number of nitrogens with one attached hydrogen (secondary N) is 1. The molecule has 0 fully saturated rings. The zero-order valence-electron chi connectivity index (χ0n) is 22.5. The van der Waals surface area contributed by atoms with E-state index in [0.717, 1.165) is 22.2 Å². The Morgan fingerprint density at radius 3 is 2.40 bits per heavy atom. The van der Waals surface area contributed by atoms with Crippen molar-refractivity contribution in [1.29, 1.82) is 5.26 Å². The number of benzene rings is 3. The second-order valence-corrected chi connectivity index (χ2v) is 13.0. The number of hydrogen-bond acceptors (Lipinski definition) is 8. The van der Waals surface area contributed by atoms with E-state index in [1.165, 1.54) is 16.2 Å². The molecule has 0 saturated heterocycles. The molecule has 5 rings (SSSR count). The van der Waals surface area contributed by atoms with Gasteiger partial charge in [-0.3, -0.25) is 14.5 Å². The number of hydrogen-bond donors (Lipinski definition) is 1. The quantitative estimate of drug-likeness (QED) is 0.275. The third kappa shape index (κ3) is 6.03. The Bertz CT molecular complexity index is 1870. The lowest BCUT2D eigenvalue weighted by molar-refractivity contribution is 0.0867. The SMILES string of the molecule is C=S=C1c2ccccc2C(=O)N1CCS(=O)(=O)NC(=O)c1nc(N(Cc2ccccc2)c2ccc(C#N)cc2)sc1C. The summed E-state index contributed by atoms with van der Waals surface area (Å²) in [5, 5.41) is 9.70. The van der Waals surface area contributed by atoms with Gasteiger partial charge in [-0.2, -0.15) is 5.26 Å². The van der Waals surface area contributed by atoms with Crippen molar-refractivity contribution in [2.45, 2.75) is 13.5 Å². The molecular formula is C30H25N5O4S3. The van der Waals surface area contributed by atoms with E-state index in [-0.39, 0.29) is 18.1 Å². The Kier molecular flexibility index (Phi) is 8.35. The summed E-state index contributed by atoms with van der Waals surface area (Å²) in [4.78, 5) is 35.0. The van der Waals surface area contributed by atoms with E-state index in [1.807, 2.05) is 35.2 Å². The zero-order valence-corrected chi connectivity index (χ0v) is 24.9. The fourth-order valence-electron chi connectivity index (χ4n) is 4.51. The normalized spacial score (nSPS) is 12.5. The van der Waals surface area contributed by atoms with Crippen LogP contribution in [0.3, 0.4) is 0 Å². The molecule has 2 amide bonds. The summed E-state index contributed by atoms with van der Waals surface area (Å²) in [6.07, 6.45) is 0. The lowest BCUT2D eigenvalue weighted by Crippen LogP contribution is -2.39. The average Bonchev–Trinajstić information content (AvgIpc) is 3.52. The maximum Gasteiger partial charge on any atom is 0.284 e. The van der Waals surface area contributed by atoms with Crippen molar-refractivity contribution in [3.8, 4) is 6.07 Å². The Morgan fingerprint density at radius 2 is 1.74 bits per heavy atom. The molecular weight excluding hydrogens is 591 g/mol. The number of carbonyl (C=O) groups is 2. The maximum atomic E-state index is 13.2. The highest BCUT2D eigenvalue weighted by molar-refractivity contribution is 7.96. The van der Waals surface area contributed by atoms with Crippen LogP contribution in [0.25, 0.3) is 0 Å². The van der Waals surface area contributed by atoms with E-state index in [2.05, 4.69) is 21.6 Å². The van der Waals surface area contributed by atoms with Crippen molar-refractivity contribution in [3.63, 3.8) is 0 Å². The van der Waals surface area contributed by atoms with Gasteiger partial charge in [0.1, 0.15) is 10.7 Å². The number of anilines is 2. The lowest BCUT2D eigenvalue weighted by atomic mass is 10.1. The standard InChI is InChI=1S/C30H25N5O4S3/c1-20-26(27(36)33-42(38,39)17-16-34-28(37)24-10-6-7-11-25(24)29(34)40-2)32-30(41-20)35(19-22-8-4-3-5-9-22)23-14-12-21(18-31)13-15-23/h3-15H,2,16-17,19H2,1H3,(H,33,36). The Hall–Kier alpha value is -4.57. The van der Waals surface area contributed by atoms with Crippen molar-refractivity contribution < 1.29 is 18.0 Å². The van der Waals surface area contributed by atoms with Crippen molar-refractivity contribution in [3.05, 3.63) is 112 Å². The molecule has 0 atom stereocenters. The summed E-state index contributed by atoms with van der Waals surface area (Å²) in [5.41, 5.74) is 3.46. The van der Waals surface area contributed by atoms with Crippen molar-refractivity contribution >= 4 is 65.8 Å². The van der Waals surface area contributed by atoms with Crippen LogP contribution >= 0.6 is 22.3 Å². The first-order chi connectivity index (χ1) is 20.2. The molecule has 0 aliphatic carbocycles. The van der Waals surface area contributed by atoms with Crippen molar-refractivity contribution in [2.24, 2.45) is 0 Å². The number of aromatic nitrogens is 1. The minimum Gasteiger partial charge on any atom is -0.313 e. The topological polar surface area (TPSA) is 123 Å². The Labute approximate surface area is 251 Å². The van der Waals surface area contributed by atoms with Crippen LogP contribution in [-0.4, -0.2) is 53.3 Å². The van der Waals surface area contributed by atoms with Gasteiger partial charge in [-0.15, -0.1) is 22.3 Å².